The van der Waals surface area contributed by atoms with Gasteiger partial charge in [0.25, 0.3) is 0 Å². The Kier molecular flexibility index (Phi) is 5.15. The van der Waals surface area contributed by atoms with Gasteiger partial charge in [0.15, 0.2) is 11.5 Å². The summed E-state index contributed by atoms with van der Waals surface area (Å²) in [5, 5.41) is 4.55. The number of nitrogens with zero attached hydrogens (tertiary/aromatic N) is 1. The predicted molar refractivity (Wildman–Crippen MR) is 133 cm³/mol. The third kappa shape index (κ3) is 3.39. The maximum atomic E-state index is 12.7. The number of benzene rings is 4. The fourth-order valence-electron chi connectivity index (χ4n) is 5.68. The summed E-state index contributed by atoms with van der Waals surface area (Å²) < 4.78 is 17.1. The monoisotopic (exact) mass is 453 g/mol. The zero-order chi connectivity index (χ0) is 23.2. The number of rotatable bonds is 4. The second kappa shape index (κ2) is 8.33. The maximum Gasteiger partial charge on any atom is 0.343 e. The fourth-order valence-corrected chi connectivity index (χ4v) is 5.68. The van der Waals surface area contributed by atoms with Gasteiger partial charge in [-0.2, -0.15) is 0 Å². The minimum atomic E-state index is -0.360. The van der Waals surface area contributed by atoms with Crippen LogP contribution in [0.15, 0.2) is 60.7 Å². The molecule has 34 heavy (non-hydrogen) atoms. The first-order valence-electron chi connectivity index (χ1n) is 11.8. The summed E-state index contributed by atoms with van der Waals surface area (Å²) in [6.07, 6.45) is 3.55. The van der Waals surface area contributed by atoms with Crippen LogP contribution in [-0.4, -0.2) is 37.7 Å². The van der Waals surface area contributed by atoms with Gasteiger partial charge < -0.3 is 14.2 Å². The van der Waals surface area contributed by atoms with Gasteiger partial charge in [0.05, 0.1) is 19.8 Å². The van der Waals surface area contributed by atoms with Crippen molar-refractivity contribution in [3.05, 3.63) is 77.4 Å². The molecule has 1 atom stereocenters. The molecule has 0 unspecified atom stereocenters. The van der Waals surface area contributed by atoms with E-state index in [0.717, 1.165) is 36.0 Å². The highest BCUT2D eigenvalue weighted by Crippen LogP contribution is 2.44. The zero-order valence-corrected chi connectivity index (χ0v) is 19.5. The van der Waals surface area contributed by atoms with Gasteiger partial charge in [-0.15, -0.1) is 0 Å². The molecule has 5 heteroatoms. The van der Waals surface area contributed by atoms with Crippen LogP contribution in [0.25, 0.3) is 21.5 Å². The van der Waals surface area contributed by atoms with Crippen molar-refractivity contribution in [1.82, 2.24) is 4.90 Å². The third-order valence-corrected chi connectivity index (χ3v) is 7.34. The van der Waals surface area contributed by atoms with Crippen LogP contribution in [0.2, 0.25) is 0 Å². The van der Waals surface area contributed by atoms with Crippen LogP contribution in [0.3, 0.4) is 0 Å². The van der Waals surface area contributed by atoms with Crippen molar-refractivity contribution < 1.29 is 19.0 Å². The Morgan fingerprint density at radius 2 is 1.59 bits per heavy atom. The maximum absolute atomic E-state index is 12.7. The molecule has 5 nitrogen and oxygen atoms in total. The Balaban J connectivity index is 1.54. The Labute approximate surface area is 198 Å². The Bertz CT molecular complexity index is 1410. The molecule has 1 fully saturated rings. The smallest absolute Gasteiger partial charge is 0.343 e. The van der Waals surface area contributed by atoms with Gasteiger partial charge in [0.1, 0.15) is 5.75 Å². The molecule has 0 N–H and O–H groups in total. The van der Waals surface area contributed by atoms with Crippen LogP contribution in [0.5, 0.6) is 17.2 Å². The number of hydrogen-bond acceptors (Lipinski definition) is 5. The molecular weight excluding hydrogens is 426 g/mol. The summed E-state index contributed by atoms with van der Waals surface area (Å²) in [4.78, 5) is 15.3. The first-order chi connectivity index (χ1) is 16.7. The van der Waals surface area contributed by atoms with Gasteiger partial charge in [-0.1, -0.05) is 24.3 Å². The van der Waals surface area contributed by atoms with Crippen LogP contribution in [-0.2, 0) is 13.0 Å². The third-order valence-electron chi connectivity index (χ3n) is 7.34. The van der Waals surface area contributed by atoms with Crippen LogP contribution < -0.4 is 14.2 Å². The van der Waals surface area contributed by atoms with E-state index < -0.39 is 0 Å². The topological polar surface area (TPSA) is 48.0 Å². The first-order valence-corrected chi connectivity index (χ1v) is 11.8. The van der Waals surface area contributed by atoms with Gasteiger partial charge in [-0.3, -0.25) is 4.90 Å². The summed E-state index contributed by atoms with van der Waals surface area (Å²) in [5.41, 5.74) is 3.30. The summed E-state index contributed by atoms with van der Waals surface area (Å²) >= 11 is 0. The molecule has 2 aliphatic rings. The van der Waals surface area contributed by atoms with Crippen LogP contribution >= 0.6 is 0 Å². The number of ether oxygens (including phenoxy) is 3. The minimum Gasteiger partial charge on any atom is -0.493 e. The normalized spacial score (nSPS) is 17.4. The predicted octanol–water partition coefficient (Wildman–Crippen LogP) is 5.75. The van der Waals surface area contributed by atoms with Crippen molar-refractivity contribution >= 4 is 27.5 Å². The lowest BCUT2D eigenvalue weighted by Crippen LogP contribution is -2.35. The van der Waals surface area contributed by atoms with E-state index in [-0.39, 0.29) is 5.97 Å². The molecule has 0 radical (unpaired) electrons. The largest absolute Gasteiger partial charge is 0.493 e. The highest BCUT2D eigenvalue weighted by molar-refractivity contribution is 6.12. The lowest BCUT2D eigenvalue weighted by atomic mass is 9.85. The van der Waals surface area contributed by atoms with Crippen LogP contribution in [0, 0.1) is 0 Å². The van der Waals surface area contributed by atoms with E-state index in [9.17, 15) is 4.79 Å². The molecule has 0 spiro atoms. The Hall–Kier alpha value is -3.57. The van der Waals surface area contributed by atoms with Gasteiger partial charge in [0, 0.05) is 12.6 Å². The first kappa shape index (κ1) is 21.0. The number of esters is 1. The highest BCUT2D eigenvalue weighted by atomic mass is 16.5. The van der Waals surface area contributed by atoms with Crippen LogP contribution in [0.1, 0.15) is 34.3 Å². The van der Waals surface area contributed by atoms with Gasteiger partial charge in [0.2, 0.25) is 0 Å². The molecule has 0 saturated carbocycles. The zero-order valence-electron chi connectivity index (χ0n) is 19.5. The molecule has 2 aliphatic heterocycles. The summed E-state index contributed by atoms with van der Waals surface area (Å²) in [5.74, 6) is 1.60. The number of methoxy groups -OCH3 is 2. The highest BCUT2D eigenvalue weighted by Gasteiger charge is 2.32. The summed E-state index contributed by atoms with van der Waals surface area (Å²) in [7, 11) is 3.34. The van der Waals surface area contributed by atoms with Crippen LogP contribution in [0.4, 0.5) is 0 Å². The van der Waals surface area contributed by atoms with E-state index in [1.807, 2.05) is 30.3 Å². The second-order valence-corrected chi connectivity index (χ2v) is 9.14. The number of fused-ring (bicyclic) bond motifs is 7. The number of carbonyl (C=O) groups is 1. The lowest BCUT2D eigenvalue weighted by molar-refractivity contribution is 0.0735. The number of carbonyl (C=O) groups excluding carboxylic acids is 1. The molecule has 6 rings (SSSR count). The van der Waals surface area contributed by atoms with E-state index in [1.165, 1.54) is 34.7 Å². The second-order valence-electron chi connectivity index (χ2n) is 9.14. The Morgan fingerprint density at radius 1 is 0.853 bits per heavy atom. The van der Waals surface area contributed by atoms with E-state index in [4.69, 9.17) is 14.2 Å². The molecular formula is C29H27NO4. The Morgan fingerprint density at radius 3 is 2.35 bits per heavy atom. The minimum absolute atomic E-state index is 0.360. The molecule has 4 aromatic rings. The van der Waals surface area contributed by atoms with E-state index >= 15 is 0 Å². The molecule has 4 aromatic carbocycles. The molecule has 0 amide bonds. The van der Waals surface area contributed by atoms with Crippen molar-refractivity contribution in [2.45, 2.75) is 31.8 Å². The number of hydrogen-bond donors (Lipinski definition) is 0. The lowest BCUT2D eigenvalue weighted by Gasteiger charge is -2.33. The molecule has 0 bridgehead atoms. The SMILES string of the molecule is COc1cc2c3c(c4ccc(OC(=O)c5ccccc5)cc4c2cc1OC)CN1CCC[C@@H]1C3. The molecule has 1 saturated heterocycles. The van der Waals surface area contributed by atoms with Gasteiger partial charge >= 0.3 is 5.97 Å². The van der Waals surface area contributed by atoms with Crippen molar-refractivity contribution in [1.29, 1.82) is 0 Å². The van der Waals surface area contributed by atoms with Crippen molar-refractivity contribution in [3.63, 3.8) is 0 Å². The summed E-state index contributed by atoms with van der Waals surface area (Å²) in [6.45, 7) is 2.10. The fraction of sp³-hybridized carbons (Fsp3) is 0.276. The standard InChI is InChI=1S/C29H27NO4/c1-32-27-15-24-22-13-19-9-6-12-30(19)17-26(22)21-11-10-20(14-23(21)25(24)16-28(27)33-2)34-29(31)18-7-4-3-5-8-18/h3-5,7-8,10-11,14-16,19H,6,9,12-13,17H2,1-2H3/t19-/m1/s1. The van der Waals surface area contributed by atoms with Gasteiger partial charge in [-0.25, -0.2) is 4.79 Å². The molecule has 2 heterocycles. The quantitative estimate of drug-likeness (QED) is 0.224. The average Bonchev–Trinajstić information content (AvgIpc) is 3.35. The molecule has 0 aromatic heterocycles. The average molecular weight is 454 g/mol. The van der Waals surface area contributed by atoms with E-state index in [1.54, 1.807) is 26.4 Å². The van der Waals surface area contributed by atoms with Crippen molar-refractivity contribution in [2.24, 2.45) is 0 Å². The van der Waals surface area contributed by atoms with Crippen molar-refractivity contribution in [2.75, 3.05) is 20.8 Å². The van der Waals surface area contributed by atoms with Gasteiger partial charge in [-0.05, 0) is 94.9 Å². The van der Waals surface area contributed by atoms with E-state index in [2.05, 4.69) is 23.1 Å². The molecule has 0 aliphatic carbocycles. The summed E-state index contributed by atoms with van der Waals surface area (Å²) in [6, 6.07) is 19.9. The molecule has 172 valence electrons. The van der Waals surface area contributed by atoms with E-state index in [0.29, 0.717) is 23.1 Å². The van der Waals surface area contributed by atoms with Crippen molar-refractivity contribution in [3.8, 4) is 17.2 Å².